The summed E-state index contributed by atoms with van der Waals surface area (Å²) in [5, 5.41) is 12.0. The summed E-state index contributed by atoms with van der Waals surface area (Å²) in [4.78, 5) is 25.3. The second kappa shape index (κ2) is 6.61. The van der Waals surface area contributed by atoms with Gasteiger partial charge < -0.3 is 15.3 Å². The summed E-state index contributed by atoms with van der Waals surface area (Å²) in [6.45, 7) is 5.13. The van der Waals surface area contributed by atoms with Crippen LogP contribution in [0.1, 0.15) is 42.1 Å². The zero-order valence-corrected chi connectivity index (χ0v) is 12.6. The van der Waals surface area contributed by atoms with Gasteiger partial charge in [0, 0.05) is 13.1 Å². The van der Waals surface area contributed by atoms with Gasteiger partial charge in [-0.25, -0.2) is 9.59 Å². The minimum absolute atomic E-state index is 0.128. The van der Waals surface area contributed by atoms with Crippen LogP contribution in [0.25, 0.3) is 0 Å². The molecular weight excluding hydrogens is 268 g/mol. The number of aromatic carboxylic acids is 1. The third kappa shape index (κ3) is 3.74. The van der Waals surface area contributed by atoms with Gasteiger partial charge in [0.1, 0.15) is 0 Å². The monoisotopic (exact) mass is 290 g/mol. The normalized spacial score (nSPS) is 14.4. The van der Waals surface area contributed by atoms with Crippen molar-refractivity contribution in [1.82, 2.24) is 4.90 Å². The highest BCUT2D eigenvalue weighted by Crippen LogP contribution is 2.27. The molecule has 0 radical (unpaired) electrons. The average Bonchev–Trinajstić information content (AvgIpc) is 2.39. The minimum Gasteiger partial charge on any atom is -0.478 e. The van der Waals surface area contributed by atoms with Crippen LogP contribution in [0.5, 0.6) is 0 Å². The van der Waals surface area contributed by atoms with Crippen molar-refractivity contribution in [3.8, 4) is 0 Å². The number of carboxylic acids is 1. The molecule has 1 fully saturated rings. The minimum atomic E-state index is -1.03. The molecule has 1 aliphatic rings. The van der Waals surface area contributed by atoms with Crippen LogP contribution in [-0.2, 0) is 0 Å². The Kier molecular flexibility index (Phi) is 4.83. The Morgan fingerprint density at radius 1 is 1.38 bits per heavy atom. The molecule has 0 unspecified atom stereocenters. The third-order valence-electron chi connectivity index (χ3n) is 4.02. The summed E-state index contributed by atoms with van der Waals surface area (Å²) in [6.07, 6.45) is 3.59. The van der Waals surface area contributed by atoms with Crippen molar-refractivity contribution in [1.29, 1.82) is 0 Å². The number of rotatable bonds is 5. The molecule has 2 amide bonds. The number of carbonyl (C=O) groups is 2. The van der Waals surface area contributed by atoms with Crippen molar-refractivity contribution in [3.63, 3.8) is 0 Å². The largest absolute Gasteiger partial charge is 0.478 e. The fourth-order valence-electron chi connectivity index (χ4n) is 2.48. The van der Waals surface area contributed by atoms with Crippen LogP contribution in [0.15, 0.2) is 18.2 Å². The maximum atomic E-state index is 12.3. The summed E-state index contributed by atoms with van der Waals surface area (Å²) in [5.41, 5.74) is 1.33. The van der Waals surface area contributed by atoms with E-state index in [2.05, 4.69) is 5.32 Å². The molecule has 5 nitrogen and oxygen atoms in total. The zero-order chi connectivity index (χ0) is 15.4. The Balaban J connectivity index is 2.08. The zero-order valence-electron chi connectivity index (χ0n) is 12.6. The molecule has 2 N–H and O–H groups in total. The first-order valence-electron chi connectivity index (χ1n) is 7.41. The highest BCUT2D eigenvalue weighted by Gasteiger charge is 2.23. The fourth-order valence-corrected chi connectivity index (χ4v) is 2.48. The number of carbonyl (C=O) groups excluding carboxylic acids is 1. The SMILES string of the molecule is CCN(CC1CCC1)C(=O)Nc1ccc(C)cc1C(=O)O. The van der Waals surface area contributed by atoms with Crippen molar-refractivity contribution in [3.05, 3.63) is 29.3 Å². The van der Waals surface area contributed by atoms with E-state index in [0.29, 0.717) is 18.2 Å². The highest BCUT2D eigenvalue weighted by atomic mass is 16.4. The summed E-state index contributed by atoms with van der Waals surface area (Å²) in [6, 6.07) is 4.79. The van der Waals surface area contributed by atoms with Crippen molar-refractivity contribution in [2.24, 2.45) is 5.92 Å². The standard InChI is InChI=1S/C16H22N2O3/c1-3-18(10-12-5-4-6-12)16(21)17-14-8-7-11(2)9-13(14)15(19)20/h7-9,12H,3-6,10H2,1-2H3,(H,17,21)(H,19,20). The molecule has 0 atom stereocenters. The smallest absolute Gasteiger partial charge is 0.337 e. The van der Waals surface area contributed by atoms with Crippen LogP contribution in [0.4, 0.5) is 10.5 Å². The van der Waals surface area contributed by atoms with E-state index in [-0.39, 0.29) is 11.6 Å². The lowest BCUT2D eigenvalue weighted by Crippen LogP contribution is -2.40. The molecule has 114 valence electrons. The van der Waals surface area contributed by atoms with Crippen LogP contribution >= 0.6 is 0 Å². The molecule has 1 aromatic rings. The molecule has 0 aromatic heterocycles. The number of anilines is 1. The summed E-state index contributed by atoms with van der Waals surface area (Å²) >= 11 is 0. The van der Waals surface area contributed by atoms with Gasteiger partial charge in [-0.2, -0.15) is 0 Å². The Hall–Kier alpha value is -2.04. The predicted octanol–water partition coefficient (Wildman–Crippen LogP) is 3.35. The molecule has 0 heterocycles. The van der Waals surface area contributed by atoms with Gasteiger partial charge >= 0.3 is 12.0 Å². The van der Waals surface area contributed by atoms with E-state index in [1.54, 1.807) is 23.1 Å². The number of benzene rings is 1. The maximum Gasteiger partial charge on any atom is 0.337 e. The summed E-state index contributed by atoms with van der Waals surface area (Å²) < 4.78 is 0. The van der Waals surface area contributed by atoms with Crippen LogP contribution in [0.2, 0.25) is 0 Å². The van der Waals surface area contributed by atoms with E-state index in [4.69, 9.17) is 0 Å². The van der Waals surface area contributed by atoms with Crippen molar-refractivity contribution in [2.75, 3.05) is 18.4 Å². The van der Waals surface area contributed by atoms with Crippen molar-refractivity contribution < 1.29 is 14.7 Å². The summed E-state index contributed by atoms with van der Waals surface area (Å²) in [7, 11) is 0. The van der Waals surface area contributed by atoms with Gasteiger partial charge in [0.25, 0.3) is 0 Å². The number of hydrogen-bond donors (Lipinski definition) is 2. The molecule has 0 aliphatic heterocycles. The molecule has 21 heavy (non-hydrogen) atoms. The number of aryl methyl sites for hydroxylation is 1. The Labute approximate surface area is 125 Å². The molecule has 0 spiro atoms. The number of carboxylic acid groups (broad SMARTS) is 1. The van der Waals surface area contributed by atoms with E-state index in [1.165, 1.54) is 19.3 Å². The van der Waals surface area contributed by atoms with Crippen LogP contribution < -0.4 is 5.32 Å². The second-order valence-electron chi connectivity index (χ2n) is 5.62. The van der Waals surface area contributed by atoms with E-state index in [1.807, 2.05) is 13.8 Å². The molecule has 5 heteroatoms. The first kappa shape index (κ1) is 15.4. The average molecular weight is 290 g/mol. The highest BCUT2D eigenvalue weighted by molar-refractivity contribution is 6.00. The first-order chi connectivity index (χ1) is 10.0. The maximum absolute atomic E-state index is 12.3. The molecule has 2 rings (SSSR count). The Morgan fingerprint density at radius 2 is 2.10 bits per heavy atom. The Bertz CT molecular complexity index is 538. The third-order valence-corrected chi connectivity index (χ3v) is 4.02. The first-order valence-corrected chi connectivity index (χ1v) is 7.41. The number of nitrogens with zero attached hydrogens (tertiary/aromatic N) is 1. The fraction of sp³-hybridized carbons (Fsp3) is 0.500. The molecule has 1 aliphatic carbocycles. The van der Waals surface area contributed by atoms with Gasteiger partial charge in [-0.3, -0.25) is 0 Å². The van der Waals surface area contributed by atoms with Crippen molar-refractivity contribution >= 4 is 17.7 Å². The lowest BCUT2D eigenvalue weighted by atomic mass is 9.85. The Morgan fingerprint density at radius 3 is 2.62 bits per heavy atom. The molecular formula is C16H22N2O3. The molecule has 1 saturated carbocycles. The number of hydrogen-bond acceptors (Lipinski definition) is 2. The van der Waals surface area contributed by atoms with Gasteiger partial charge in [-0.15, -0.1) is 0 Å². The lowest BCUT2D eigenvalue weighted by molar-refractivity contribution is 0.0698. The number of nitrogens with one attached hydrogen (secondary N) is 1. The topological polar surface area (TPSA) is 69.6 Å². The van der Waals surface area contributed by atoms with Gasteiger partial charge in [-0.05, 0) is 44.7 Å². The van der Waals surface area contributed by atoms with Crippen molar-refractivity contribution in [2.45, 2.75) is 33.1 Å². The van der Waals surface area contributed by atoms with Crippen LogP contribution in [0.3, 0.4) is 0 Å². The van der Waals surface area contributed by atoms with Gasteiger partial charge in [0.15, 0.2) is 0 Å². The second-order valence-corrected chi connectivity index (χ2v) is 5.62. The van der Waals surface area contributed by atoms with Crippen LogP contribution in [0, 0.1) is 12.8 Å². The molecule has 0 saturated heterocycles. The van der Waals surface area contributed by atoms with Gasteiger partial charge in [0.05, 0.1) is 11.3 Å². The number of amides is 2. The summed E-state index contributed by atoms with van der Waals surface area (Å²) in [5.74, 6) is -0.441. The van der Waals surface area contributed by atoms with E-state index in [9.17, 15) is 14.7 Å². The predicted molar refractivity (Wildman–Crippen MR) is 81.7 cm³/mol. The van der Waals surface area contributed by atoms with Gasteiger partial charge in [0.2, 0.25) is 0 Å². The quantitative estimate of drug-likeness (QED) is 0.873. The van der Waals surface area contributed by atoms with E-state index >= 15 is 0 Å². The van der Waals surface area contributed by atoms with Crippen LogP contribution in [-0.4, -0.2) is 35.1 Å². The van der Waals surface area contributed by atoms with Gasteiger partial charge in [-0.1, -0.05) is 18.1 Å². The lowest BCUT2D eigenvalue weighted by Gasteiger charge is -2.31. The number of urea groups is 1. The van der Waals surface area contributed by atoms with E-state index in [0.717, 1.165) is 12.1 Å². The molecule has 0 bridgehead atoms. The molecule has 1 aromatic carbocycles. The van der Waals surface area contributed by atoms with E-state index < -0.39 is 5.97 Å².